The third kappa shape index (κ3) is 2.88. The second kappa shape index (κ2) is 5.05. The Kier molecular flexibility index (Phi) is 3.49. The largest absolute Gasteiger partial charge is 0.320 e. The number of pyridine rings is 1. The molecule has 1 aromatic heterocycles. The van der Waals surface area contributed by atoms with Gasteiger partial charge in [0.2, 0.25) is 0 Å². The van der Waals surface area contributed by atoms with Crippen molar-refractivity contribution in [3.8, 4) is 0 Å². The lowest BCUT2D eigenvalue weighted by Gasteiger charge is -2.05. The highest BCUT2D eigenvalue weighted by molar-refractivity contribution is 9.10. The van der Waals surface area contributed by atoms with Gasteiger partial charge in [-0.15, -0.1) is 0 Å². The molecule has 0 aliphatic heterocycles. The number of hydrogen-bond donors (Lipinski definition) is 1. The van der Waals surface area contributed by atoms with Gasteiger partial charge >= 0.3 is 0 Å². The van der Waals surface area contributed by atoms with Crippen LogP contribution in [0.15, 0.2) is 47.2 Å². The van der Waals surface area contributed by atoms with Gasteiger partial charge in [0.1, 0.15) is 10.4 Å². The van der Waals surface area contributed by atoms with E-state index in [1.807, 2.05) is 0 Å². The minimum atomic E-state index is -0.546. The Morgan fingerprint density at radius 3 is 2.65 bits per heavy atom. The number of hydrogen-bond acceptors (Lipinski definition) is 2. The first-order valence-corrected chi connectivity index (χ1v) is 5.63. The second-order valence-electron chi connectivity index (χ2n) is 3.30. The maximum atomic E-state index is 13.3. The summed E-state index contributed by atoms with van der Waals surface area (Å²) in [7, 11) is 0. The number of aromatic nitrogens is 1. The lowest BCUT2D eigenvalue weighted by molar-refractivity contribution is 0.102. The minimum Gasteiger partial charge on any atom is -0.320 e. The Morgan fingerprint density at radius 2 is 2.00 bits per heavy atom. The molecule has 5 heteroatoms. The van der Waals surface area contributed by atoms with Crippen LogP contribution in [0.2, 0.25) is 0 Å². The van der Waals surface area contributed by atoms with Gasteiger partial charge in [-0.3, -0.25) is 4.79 Å². The van der Waals surface area contributed by atoms with Crippen LogP contribution in [0.25, 0.3) is 0 Å². The van der Waals surface area contributed by atoms with Crippen LogP contribution in [0.3, 0.4) is 0 Å². The molecule has 1 heterocycles. The molecule has 17 heavy (non-hydrogen) atoms. The smallest absolute Gasteiger partial charge is 0.258 e. The predicted octanol–water partition coefficient (Wildman–Crippen LogP) is 3.24. The Balaban J connectivity index is 2.17. The standard InChI is InChI=1S/C12H8BrFN2O/c13-11-6-5-8(7-15-11)16-12(17)9-3-1-2-4-10(9)14/h1-7H,(H,16,17). The topological polar surface area (TPSA) is 42.0 Å². The Hall–Kier alpha value is -1.75. The maximum absolute atomic E-state index is 13.3. The monoisotopic (exact) mass is 294 g/mol. The molecule has 0 spiro atoms. The normalized spacial score (nSPS) is 10.0. The molecular formula is C12H8BrFN2O. The highest BCUT2D eigenvalue weighted by Crippen LogP contribution is 2.13. The van der Waals surface area contributed by atoms with Crippen LogP contribution in [0, 0.1) is 5.82 Å². The zero-order valence-corrected chi connectivity index (χ0v) is 10.2. The van der Waals surface area contributed by atoms with Crippen LogP contribution < -0.4 is 5.32 Å². The summed E-state index contributed by atoms with van der Waals surface area (Å²) in [5, 5.41) is 2.56. The van der Waals surface area contributed by atoms with Crippen molar-refractivity contribution in [2.75, 3.05) is 5.32 Å². The molecule has 86 valence electrons. The summed E-state index contributed by atoms with van der Waals surface area (Å²) < 4.78 is 14.0. The zero-order valence-electron chi connectivity index (χ0n) is 8.65. The van der Waals surface area contributed by atoms with E-state index in [0.717, 1.165) is 0 Å². The van der Waals surface area contributed by atoms with E-state index in [4.69, 9.17) is 0 Å². The fourth-order valence-corrected chi connectivity index (χ4v) is 1.53. The summed E-state index contributed by atoms with van der Waals surface area (Å²) in [5.41, 5.74) is 0.525. The van der Waals surface area contributed by atoms with Gasteiger partial charge in [0, 0.05) is 0 Å². The van der Waals surface area contributed by atoms with Gasteiger partial charge in [-0.05, 0) is 40.2 Å². The molecule has 0 radical (unpaired) electrons. The Morgan fingerprint density at radius 1 is 1.24 bits per heavy atom. The van der Waals surface area contributed by atoms with Crippen LogP contribution >= 0.6 is 15.9 Å². The molecule has 0 fully saturated rings. The van der Waals surface area contributed by atoms with Gasteiger partial charge < -0.3 is 5.32 Å². The van der Waals surface area contributed by atoms with E-state index in [2.05, 4.69) is 26.2 Å². The quantitative estimate of drug-likeness (QED) is 0.864. The van der Waals surface area contributed by atoms with Crippen LogP contribution in [0.1, 0.15) is 10.4 Å². The van der Waals surface area contributed by atoms with Crippen molar-refractivity contribution in [1.82, 2.24) is 4.98 Å². The minimum absolute atomic E-state index is 0.00965. The van der Waals surface area contributed by atoms with Crippen LogP contribution in [-0.4, -0.2) is 10.9 Å². The van der Waals surface area contributed by atoms with E-state index in [0.29, 0.717) is 10.3 Å². The molecule has 2 rings (SSSR count). The molecule has 0 atom stereocenters. The number of carbonyl (C=O) groups excluding carboxylic acids is 1. The van der Waals surface area contributed by atoms with Gasteiger partial charge in [0.25, 0.3) is 5.91 Å². The molecule has 1 aromatic carbocycles. The van der Waals surface area contributed by atoms with E-state index in [1.54, 1.807) is 18.2 Å². The first-order valence-electron chi connectivity index (χ1n) is 4.84. The molecular weight excluding hydrogens is 287 g/mol. The third-order valence-electron chi connectivity index (χ3n) is 2.10. The molecule has 2 aromatic rings. The molecule has 1 amide bonds. The molecule has 0 unspecified atom stereocenters. The molecule has 0 aliphatic rings. The number of benzene rings is 1. The fourth-order valence-electron chi connectivity index (χ4n) is 1.29. The maximum Gasteiger partial charge on any atom is 0.258 e. The van der Waals surface area contributed by atoms with E-state index < -0.39 is 11.7 Å². The third-order valence-corrected chi connectivity index (χ3v) is 2.57. The summed E-state index contributed by atoms with van der Waals surface area (Å²) in [5.74, 6) is -1.04. The highest BCUT2D eigenvalue weighted by Gasteiger charge is 2.10. The van der Waals surface area contributed by atoms with Crippen LogP contribution in [-0.2, 0) is 0 Å². The van der Waals surface area contributed by atoms with Crippen molar-refractivity contribution in [2.24, 2.45) is 0 Å². The highest BCUT2D eigenvalue weighted by atomic mass is 79.9. The van der Waals surface area contributed by atoms with Crippen molar-refractivity contribution in [2.45, 2.75) is 0 Å². The molecule has 0 aliphatic carbocycles. The van der Waals surface area contributed by atoms with Gasteiger partial charge in [0.05, 0.1) is 17.4 Å². The van der Waals surface area contributed by atoms with Gasteiger partial charge in [-0.2, -0.15) is 0 Å². The first kappa shape index (κ1) is 11.7. The molecule has 0 saturated heterocycles. The van der Waals surface area contributed by atoms with E-state index in [1.165, 1.54) is 24.4 Å². The zero-order chi connectivity index (χ0) is 12.3. The lowest BCUT2D eigenvalue weighted by Crippen LogP contribution is -2.13. The summed E-state index contributed by atoms with van der Waals surface area (Å²) in [4.78, 5) is 15.7. The van der Waals surface area contributed by atoms with Gasteiger partial charge in [-0.25, -0.2) is 9.37 Å². The van der Waals surface area contributed by atoms with Crippen molar-refractivity contribution in [3.63, 3.8) is 0 Å². The van der Waals surface area contributed by atoms with E-state index in [-0.39, 0.29) is 5.56 Å². The number of carbonyl (C=O) groups is 1. The van der Waals surface area contributed by atoms with Gasteiger partial charge in [0.15, 0.2) is 0 Å². The molecule has 0 bridgehead atoms. The lowest BCUT2D eigenvalue weighted by atomic mass is 10.2. The number of anilines is 1. The molecule has 3 nitrogen and oxygen atoms in total. The Labute approximate surface area is 106 Å². The average molecular weight is 295 g/mol. The number of rotatable bonds is 2. The number of nitrogens with zero attached hydrogens (tertiary/aromatic N) is 1. The van der Waals surface area contributed by atoms with E-state index >= 15 is 0 Å². The summed E-state index contributed by atoms with van der Waals surface area (Å²) in [6, 6.07) is 9.18. The Bertz CT molecular complexity index is 542. The number of nitrogens with one attached hydrogen (secondary N) is 1. The second-order valence-corrected chi connectivity index (χ2v) is 4.12. The van der Waals surface area contributed by atoms with E-state index in [9.17, 15) is 9.18 Å². The van der Waals surface area contributed by atoms with Crippen LogP contribution in [0.4, 0.5) is 10.1 Å². The van der Waals surface area contributed by atoms with Crippen molar-refractivity contribution >= 4 is 27.5 Å². The van der Waals surface area contributed by atoms with Gasteiger partial charge in [-0.1, -0.05) is 12.1 Å². The first-order chi connectivity index (χ1) is 8.16. The fraction of sp³-hybridized carbons (Fsp3) is 0. The summed E-state index contributed by atoms with van der Waals surface area (Å²) >= 11 is 3.18. The summed E-state index contributed by atoms with van der Waals surface area (Å²) in [6.07, 6.45) is 1.49. The average Bonchev–Trinajstić information content (AvgIpc) is 2.32. The summed E-state index contributed by atoms with van der Waals surface area (Å²) in [6.45, 7) is 0. The van der Waals surface area contributed by atoms with Crippen molar-refractivity contribution < 1.29 is 9.18 Å². The van der Waals surface area contributed by atoms with Crippen LogP contribution in [0.5, 0.6) is 0 Å². The molecule has 0 saturated carbocycles. The SMILES string of the molecule is O=C(Nc1ccc(Br)nc1)c1ccccc1F. The predicted molar refractivity (Wildman–Crippen MR) is 66.3 cm³/mol. The number of amides is 1. The molecule has 1 N–H and O–H groups in total. The number of halogens is 2. The van der Waals surface area contributed by atoms with Crippen molar-refractivity contribution in [1.29, 1.82) is 0 Å². The van der Waals surface area contributed by atoms with Crippen molar-refractivity contribution in [3.05, 3.63) is 58.6 Å².